The third-order valence-electron chi connectivity index (χ3n) is 3.13. The summed E-state index contributed by atoms with van der Waals surface area (Å²) >= 11 is 0. The Balaban J connectivity index is 1.92. The number of nitrogens with two attached hydrogens (primary N) is 1. The van der Waals surface area contributed by atoms with Crippen LogP contribution in [0.15, 0.2) is 29.0 Å². The van der Waals surface area contributed by atoms with Crippen molar-refractivity contribution >= 4 is 0 Å². The number of hydrogen-bond donors (Lipinski definition) is 1. The summed E-state index contributed by atoms with van der Waals surface area (Å²) < 4.78 is 6.96. The molecule has 3 heterocycles. The third-order valence-corrected chi connectivity index (χ3v) is 3.13. The normalized spacial score (nSPS) is 12.6. The number of hydrogen-bond acceptors (Lipinski definition) is 6. The van der Waals surface area contributed by atoms with E-state index in [1.165, 1.54) is 0 Å². The van der Waals surface area contributed by atoms with Gasteiger partial charge in [0.2, 0.25) is 11.7 Å². The first-order chi connectivity index (χ1) is 10.0. The Morgan fingerprint density at radius 2 is 1.90 bits per heavy atom. The van der Waals surface area contributed by atoms with Crippen LogP contribution >= 0.6 is 0 Å². The molecule has 0 saturated heterocycles. The summed E-state index contributed by atoms with van der Waals surface area (Å²) in [5.74, 6) is 0.878. The lowest BCUT2D eigenvalue weighted by Crippen LogP contribution is -2.11. The average Bonchev–Trinajstić information content (AvgIpc) is 3.05. The number of pyridine rings is 1. The van der Waals surface area contributed by atoms with Gasteiger partial charge in [0.1, 0.15) is 6.04 Å². The van der Waals surface area contributed by atoms with Crippen molar-refractivity contribution in [3.63, 3.8) is 0 Å². The SMILES string of the molecule is Cc1cc(-c2noc(C(N)c3cnn(C)c3)n2)cc(C)n1. The number of rotatable bonds is 3. The van der Waals surface area contributed by atoms with E-state index in [-0.39, 0.29) is 0 Å². The Morgan fingerprint density at radius 1 is 1.19 bits per heavy atom. The zero-order valence-electron chi connectivity index (χ0n) is 12.1. The van der Waals surface area contributed by atoms with Crippen LogP contribution in [-0.2, 0) is 7.05 Å². The molecule has 0 aromatic carbocycles. The molecule has 0 radical (unpaired) electrons. The summed E-state index contributed by atoms with van der Waals surface area (Å²) in [6, 6.07) is 3.35. The van der Waals surface area contributed by atoms with Gasteiger partial charge in [-0.2, -0.15) is 10.1 Å². The predicted molar refractivity (Wildman–Crippen MR) is 76.2 cm³/mol. The molecule has 21 heavy (non-hydrogen) atoms. The van der Waals surface area contributed by atoms with Crippen LogP contribution in [0.3, 0.4) is 0 Å². The van der Waals surface area contributed by atoms with Gasteiger partial charge in [0, 0.05) is 35.8 Å². The van der Waals surface area contributed by atoms with E-state index in [2.05, 4.69) is 20.2 Å². The second kappa shape index (κ2) is 5.10. The van der Waals surface area contributed by atoms with Crippen LogP contribution in [0.1, 0.15) is 28.9 Å². The van der Waals surface area contributed by atoms with Crippen molar-refractivity contribution in [2.45, 2.75) is 19.9 Å². The Labute approximate surface area is 121 Å². The topological polar surface area (TPSA) is 95.7 Å². The molecule has 3 rings (SSSR count). The van der Waals surface area contributed by atoms with E-state index in [0.29, 0.717) is 11.7 Å². The molecule has 3 aromatic rings. The lowest BCUT2D eigenvalue weighted by molar-refractivity contribution is 0.367. The molecule has 7 nitrogen and oxygen atoms in total. The van der Waals surface area contributed by atoms with E-state index >= 15 is 0 Å². The minimum Gasteiger partial charge on any atom is -0.337 e. The van der Waals surface area contributed by atoms with Crippen LogP contribution in [0.4, 0.5) is 0 Å². The van der Waals surface area contributed by atoms with Gasteiger partial charge in [-0.3, -0.25) is 9.67 Å². The number of aromatic nitrogens is 5. The van der Waals surface area contributed by atoms with Crippen molar-refractivity contribution in [1.29, 1.82) is 0 Å². The maximum atomic E-state index is 6.12. The van der Waals surface area contributed by atoms with Crippen LogP contribution in [0, 0.1) is 13.8 Å². The van der Waals surface area contributed by atoms with Crippen LogP contribution in [0.2, 0.25) is 0 Å². The van der Waals surface area contributed by atoms with E-state index in [1.54, 1.807) is 10.9 Å². The van der Waals surface area contributed by atoms with Crippen molar-refractivity contribution < 1.29 is 4.52 Å². The summed E-state index contributed by atoms with van der Waals surface area (Å²) in [7, 11) is 1.83. The second-order valence-corrected chi connectivity index (χ2v) is 5.02. The van der Waals surface area contributed by atoms with Crippen LogP contribution < -0.4 is 5.73 Å². The first-order valence-electron chi connectivity index (χ1n) is 6.56. The molecule has 0 aliphatic carbocycles. The highest BCUT2D eigenvalue weighted by molar-refractivity contribution is 5.55. The standard InChI is InChI=1S/C14H16N6O/c1-8-4-10(5-9(2)17-8)13-18-14(21-19-13)12(15)11-6-16-20(3)7-11/h4-7,12H,15H2,1-3H3. The highest BCUT2D eigenvalue weighted by Gasteiger charge is 2.19. The predicted octanol–water partition coefficient (Wildman–Crippen LogP) is 1.53. The highest BCUT2D eigenvalue weighted by Crippen LogP contribution is 2.22. The smallest absolute Gasteiger partial charge is 0.248 e. The Morgan fingerprint density at radius 3 is 2.52 bits per heavy atom. The van der Waals surface area contributed by atoms with Gasteiger partial charge in [0.25, 0.3) is 0 Å². The molecule has 0 saturated carbocycles. The summed E-state index contributed by atoms with van der Waals surface area (Å²) in [6.45, 7) is 3.86. The first-order valence-corrected chi connectivity index (χ1v) is 6.56. The summed E-state index contributed by atoms with van der Waals surface area (Å²) in [5, 5.41) is 8.09. The fourth-order valence-electron chi connectivity index (χ4n) is 2.19. The van der Waals surface area contributed by atoms with Gasteiger partial charge in [-0.1, -0.05) is 5.16 Å². The van der Waals surface area contributed by atoms with Gasteiger partial charge >= 0.3 is 0 Å². The zero-order chi connectivity index (χ0) is 15.0. The monoisotopic (exact) mass is 284 g/mol. The molecule has 0 spiro atoms. The fraction of sp³-hybridized carbons (Fsp3) is 0.286. The van der Waals surface area contributed by atoms with Gasteiger partial charge in [-0.25, -0.2) is 0 Å². The van der Waals surface area contributed by atoms with E-state index in [1.807, 2.05) is 39.2 Å². The zero-order valence-corrected chi connectivity index (χ0v) is 12.1. The molecule has 0 amide bonds. The molecular formula is C14H16N6O. The van der Waals surface area contributed by atoms with Crippen molar-refractivity contribution in [2.75, 3.05) is 0 Å². The van der Waals surface area contributed by atoms with Crippen molar-refractivity contribution in [1.82, 2.24) is 24.9 Å². The fourth-order valence-corrected chi connectivity index (χ4v) is 2.19. The van der Waals surface area contributed by atoms with Gasteiger partial charge in [0.05, 0.1) is 6.20 Å². The Bertz CT molecular complexity index is 755. The molecule has 7 heteroatoms. The van der Waals surface area contributed by atoms with Crippen molar-refractivity contribution in [2.24, 2.45) is 12.8 Å². The molecule has 108 valence electrons. The van der Waals surface area contributed by atoms with Gasteiger partial charge in [-0.05, 0) is 26.0 Å². The van der Waals surface area contributed by atoms with E-state index in [4.69, 9.17) is 10.3 Å². The van der Waals surface area contributed by atoms with E-state index < -0.39 is 6.04 Å². The minimum absolute atomic E-state index is 0.366. The van der Waals surface area contributed by atoms with E-state index in [9.17, 15) is 0 Å². The van der Waals surface area contributed by atoms with Crippen LogP contribution in [0.25, 0.3) is 11.4 Å². The second-order valence-electron chi connectivity index (χ2n) is 5.02. The molecular weight excluding hydrogens is 268 g/mol. The largest absolute Gasteiger partial charge is 0.337 e. The lowest BCUT2D eigenvalue weighted by Gasteiger charge is -2.02. The maximum Gasteiger partial charge on any atom is 0.248 e. The summed E-state index contributed by atoms with van der Waals surface area (Å²) in [4.78, 5) is 8.71. The Kier molecular flexibility index (Phi) is 3.26. The number of nitrogens with zero attached hydrogens (tertiary/aromatic N) is 5. The maximum absolute atomic E-state index is 6.12. The first kappa shape index (κ1) is 13.4. The molecule has 0 aliphatic rings. The molecule has 1 atom stereocenters. The quantitative estimate of drug-likeness (QED) is 0.783. The molecule has 0 bridgehead atoms. The molecule has 3 aromatic heterocycles. The average molecular weight is 284 g/mol. The lowest BCUT2D eigenvalue weighted by atomic mass is 10.1. The summed E-state index contributed by atoms with van der Waals surface area (Å²) in [6.07, 6.45) is 3.52. The molecule has 2 N–H and O–H groups in total. The van der Waals surface area contributed by atoms with Crippen molar-refractivity contribution in [3.05, 3.63) is 47.4 Å². The summed E-state index contributed by atoms with van der Waals surface area (Å²) in [5.41, 5.74) is 9.64. The van der Waals surface area contributed by atoms with Gasteiger partial charge in [0.15, 0.2) is 0 Å². The van der Waals surface area contributed by atoms with Gasteiger partial charge < -0.3 is 10.3 Å². The van der Waals surface area contributed by atoms with Crippen LogP contribution in [0.5, 0.6) is 0 Å². The molecule has 1 unspecified atom stereocenters. The number of aryl methyl sites for hydroxylation is 3. The minimum atomic E-state index is -0.482. The molecule has 0 fully saturated rings. The highest BCUT2D eigenvalue weighted by atomic mass is 16.5. The van der Waals surface area contributed by atoms with Crippen LogP contribution in [-0.4, -0.2) is 24.9 Å². The van der Waals surface area contributed by atoms with E-state index in [0.717, 1.165) is 22.5 Å². The Hall–Kier alpha value is -2.54. The third kappa shape index (κ3) is 2.68. The van der Waals surface area contributed by atoms with Crippen molar-refractivity contribution in [3.8, 4) is 11.4 Å². The van der Waals surface area contributed by atoms with Gasteiger partial charge in [-0.15, -0.1) is 0 Å². The molecule has 0 aliphatic heterocycles.